The molecule has 0 bridgehead atoms. The molecule has 0 saturated heterocycles. The highest BCUT2D eigenvalue weighted by Crippen LogP contribution is 2.21. The van der Waals surface area contributed by atoms with Crippen LogP contribution in [0.2, 0.25) is 0 Å². The lowest BCUT2D eigenvalue weighted by Gasteiger charge is -2.16. The molecule has 0 aromatic heterocycles. The number of aliphatic hydroxyl groups excluding tert-OH is 1. The molecule has 0 amide bonds. The Hall–Kier alpha value is -1.32. The predicted octanol–water partition coefficient (Wildman–Crippen LogP) is 4.16. The van der Waals surface area contributed by atoms with Crippen LogP contribution >= 0.6 is 15.9 Å². The van der Waals surface area contributed by atoms with Gasteiger partial charge in [-0.1, -0.05) is 40.2 Å². The summed E-state index contributed by atoms with van der Waals surface area (Å²) < 4.78 is 1.09. The van der Waals surface area contributed by atoms with Gasteiger partial charge in [0.2, 0.25) is 0 Å². The van der Waals surface area contributed by atoms with Crippen LogP contribution in [-0.2, 0) is 6.42 Å². The number of benzene rings is 2. The largest absolute Gasteiger partial charge is 0.396 e. The van der Waals surface area contributed by atoms with Gasteiger partial charge in [0.1, 0.15) is 0 Å². The van der Waals surface area contributed by atoms with Crippen molar-refractivity contribution in [3.8, 4) is 0 Å². The average Bonchev–Trinajstić information content (AvgIpc) is 2.42. The molecule has 2 aromatic rings. The Morgan fingerprint density at radius 3 is 2.26 bits per heavy atom. The molecular formula is C16H18BrNO. The second-order valence-electron chi connectivity index (χ2n) is 4.59. The molecule has 100 valence electrons. The minimum absolute atomic E-state index is 0.196. The first-order valence-corrected chi connectivity index (χ1v) is 7.20. The molecule has 0 aliphatic rings. The Balaban J connectivity index is 2.01. The van der Waals surface area contributed by atoms with E-state index in [4.69, 9.17) is 5.11 Å². The zero-order chi connectivity index (χ0) is 13.7. The van der Waals surface area contributed by atoms with E-state index in [1.807, 2.05) is 12.1 Å². The van der Waals surface area contributed by atoms with Crippen LogP contribution in [-0.4, -0.2) is 11.7 Å². The molecule has 2 N–H and O–H groups in total. The number of rotatable bonds is 5. The molecule has 1 unspecified atom stereocenters. The monoisotopic (exact) mass is 319 g/mol. The van der Waals surface area contributed by atoms with E-state index < -0.39 is 0 Å². The SMILES string of the molecule is CC(Nc1ccc(CCO)cc1)c1ccc(Br)cc1. The number of hydrogen-bond acceptors (Lipinski definition) is 2. The number of nitrogens with one attached hydrogen (secondary N) is 1. The highest BCUT2D eigenvalue weighted by Gasteiger charge is 2.04. The maximum absolute atomic E-state index is 8.89. The van der Waals surface area contributed by atoms with Gasteiger partial charge in [0.25, 0.3) is 0 Å². The average molecular weight is 320 g/mol. The molecule has 0 fully saturated rings. The highest BCUT2D eigenvalue weighted by molar-refractivity contribution is 9.10. The number of anilines is 1. The normalized spacial score (nSPS) is 12.2. The Morgan fingerprint density at radius 2 is 1.68 bits per heavy atom. The summed E-state index contributed by atoms with van der Waals surface area (Å²) in [7, 11) is 0. The van der Waals surface area contributed by atoms with E-state index in [0.29, 0.717) is 6.42 Å². The lowest BCUT2D eigenvalue weighted by atomic mass is 10.1. The van der Waals surface area contributed by atoms with Crippen LogP contribution < -0.4 is 5.32 Å². The van der Waals surface area contributed by atoms with E-state index in [-0.39, 0.29) is 12.6 Å². The van der Waals surface area contributed by atoms with Crippen molar-refractivity contribution in [1.29, 1.82) is 0 Å². The summed E-state index contributed by atoms with van der Waals surface area (Å²) in [6.45, 7) is 2.34. The fourth-order valence-electron chi connectivity index (χ4n) is 1.98. The predicted molar refractivity (Wildman–Crippen MR) is 83.4 cm³/mol. The zero-order valence-corrected chi connectivity index (χ0v) is 12.5. The molecule has 0 spiro atoms. The van der Waals surface area contributed by atoms with Crippen LogP contribution in [0.1, 0.15) is 24.1 Å². The topological polar surface area (TPSA) is 32.3 Å². The number of halogens is 1. The fourth-order valence-corrected chi connectivity index (χ4v) is 2.25. The standard InChI is InChI=1S/C16H18BrNO/c1-12(14-4-6-15(17)7-5-14)18-16-8-2-13(3-9-16)10-11-19/h2-9,12,18-19H,10-11H2,1H3. The van der Waals surface area contributed by atoms with Gasteiger partial charge < -0.3 is 10.4 Å². The smallest absolute Gasteiger partial charge is 0.0485 e. The van der Waals surface area contributed by atoms with Gasteiger partial charge >= 0.3 is 0 Å². The molecule has 0 aliphatic carbocycles. The van der Waals surface area contributed by atoms with Gasteiger partial charge in [-0.15, -0.1) is 0 Å². The van der Waals surface area contributed by atoms with Gasteiger partial charge in [-0.25, -0.2) is 0 Å². The number of hydrogen-bond donors (Lipinski definition) is 2. The third-order valence-electron chi connectivity index (χ3n) is 3.11. The minimum Gasteiger partial charge on any atom is -0.396 e. The zero-order valence-electron chi connectivity index (χ0n) is 10.9. The van der Waals surface area contributed by atoms with Crippen LogP contribution in [0.3, 0.4) is 0 Å². The summed E-state index contributed by atoms with van der Waals surface area (Å²) >= 11 is 3.44. The summed E-state index contributed by atoms with van der Waals surface area (Å²) in [6, 6.07) is 16.8. The van der Waals surface area contributed by atoms with Crippen LogP contribution in [0.5, 0.6) is 0 Å². The first-order valence-electron chi connectivity index (χ1n) is 6.41. The van der Waals surface area contributed by atoms with Crippen LogP contribution in [0.15, 0.2) is 53.0 Å². The van der Waals surface area contributed by atoms with Crippen molar-refractivity contribution in [2.24, 2.45) is 0 Å². The van der Waals surface area contributed by atoms with Crippen molar-refractivity contribution in [3.05, 3.63) is 64.1 Å². The summed E-state index contributed by atoms with van der Waals surface area (Å²) in [4.78, 5) is 0. The van der Waals surface area contributed by atoms with E-state index in [9.17, 15) is 0 Å². The van der Waals surface area contributed by atoms with Crippen LogP contribution in [0.25, 0.3) is 0 Å². The van der Waals surface area contributed by atoms with Crippen molar-refractivity contribution >= 4 is 21.6 Å². The first kappa shape index (κ1) is 14.1. The summed E-state index contributed by atoms with van der Waals surface area (Å²) in [5.74, 6) is 0. The van der Waals surface area contributed by atoms with Crippen molar-refractivity contribution in [1.82, 2.24) is 0 Å². The quantitative estimate of drug-likeness (QED) is 0.867. The molecular weight excluding hydrogens is 302 g/mol. The van der Waals surface area contributed by atoms with Crippen molar-refractivity contribution < 1.29 is 5.11 Å². The summed E-state index contributed by atoms with van der Waals surface area (Å²) in [5, 5.41) is 12.4. The Labute approximate surface area is 122 Å². The number of aliphatic hydroxyl groups is 1. The molecule has 1 atom stereocenters. The fraction of sp³-hybridized carbons (Fsp3) is 0.250. The molecule has 3 heteroatoms. The van der Waals surface area contributed by atoms with E-state index in [2.05, 4.69) is 64.6 Å². The van der Waals surface area contributed by atoms with Gasteiger partial charge in [0.05, 0.1) is 0 Å². The molecule has 19 heavy (non-hydrogen) atoms. The molecule has 0 aliphatic heterocycles. The summed E-state index contributed by atoms with van der Waals surface area (Å²) in [5.41, 5.74) is 3.50. The van der Waals surface area contributed by atoms with Gasteiger partial charge in [0.15, 0.2) is 0 Å². The maximum atomic E-state index is 8.89. The lowest BCUT2D eigenvalue weighted by molar-refractivity contribution is 0.299. The van der Waals surface area contributed by atoms with Crippen LogP contribution in [0, 0.1) is 0 Å². The third-order valence-corrected chi connectivity index (χ3v) is 3.64. The van der Waals surface area contributed by atoms with E-state index in [1.165, 1.54) is 5.56 Å². The third kappa shape index (κ3) is 4.08. The highest BCUT2D eigenvalue weighted by atomic mass is 79.9. The van der Waals surface area contributed by atoms with Gasteiger partial charge in [-0.2, -0.15) is 0 Å². The molecule has 0 heterocycles. The first-order chi connectivity index (χ1) is 9.19. The molecule has 2 aromatic carbocycles. The van der Waals surface area contributed by atoms with Gasteiger partial charge in [0, 0.05) is 22.8 Å². The molecule has 2 rings (SSSR count). The minimum atomic E-state index is 0.196. The van der Waals surface area contributed by atoms with E-state index >= 15 is 0 Å². The second kappa shape index (κ2) is 6.73. The van der Waals surface area contributed by atoms with Crippen molar-refractivity contribution in [3.63, 3.8) is 0 Å². The van der Waals surface area contributed by atoms with Crippen molar-refractivity contribution in [2.45, 2.75) is 19.4 Å². The molecule has 0 radical (unpaired) electrons. The van der Waals surface area contributed by atoms with E-state index in [1.54, 1.807) is 0 Å². The van der Waals surface area contributed by atoms with Crippen LogP contribution in [0.4, 0.5) is 5.69 Å². The molecule has 0 saturated carbocycles. The Morgan fingerprint density at radius 1 is 1.05 bits per heavy atom. The Bertz CT molecular complexity index is 507. The second-order valence-corrected chi connectivity index (χ2v) is 5.50. The molecule has 2 nitrogen and oxygen atoms in total. The summed E-state index contributed by atoms with van der Waals surface area (Å²) in [6.07, 6.45) is 0.711. The Kier molecular flexibility index (Phi) is 5.00. The van der Waals surface area contributed by atoms with Gasteiger partial charge in [-0.05, 0) is 48.7 Å². The maximum Gasteiger partial charge on any atom is 0.0485 e. The van der Waals surface area contributed by atoms with Gasteiger partial charge in [-0.3, -0.25) is 0 Å². The van der Waals surface area contributed by atoms with E-state index in [0.717, 1.165) is 15.7 Å². The lowest BCUT2D eigenvalue weighted by Crippen LogP contribution is -2.06. The van der Waals surface area contributed by atoms with Crippen molar-refractivity contribution in [2.75, 3.05) is 11.9 Å².